The van der Waals surface area contributed by atoms with Gasteiger partial charge in [0, 0.05) is 24.3 Å². The van der Waals surface area contributed by atoms with Crippen molar-refractivity contribution in [2.24, 2.45) is 10.7 Å². The fraction of sp³-hybridized carbons (Fsp3) is 0.632. The highest BCUT2D eigenvalue weighted by Crippen LogP contribution is 2.30. The molecule has 3 rings (SSSR count). The van der Waals surface area contributed by atoms with Gasteiger partial charge < -0.3 is 25.4 Å². The van der Waals surface area contributed by atoms with E-state index in [0.717, 1.165) is 57.9 Å². The SMILES string of the molecule is COc1ccc(NC(N)=NCC2(N3CCOCC3)CCN(C)CC2)cc1Cl. The Hall–Kier alpha value is -1.54. The second kappa shape index (κ2) is 9.10. The predicted molar refractivity (Wildman–Crippen MR) is 110 cm³/mol. The third-order valence-electron chi connectivity index (χ3n) is 5.57. The van der Waals surface area contributed by atoms with Gasteiger partial charge in [-0.05, 0) is 51.2 Å². The summed E-state index contributed by atoms with van der Waals surface area (Å²) in [4.78, 5) is 9.62. The molecule has 0 radical (unpaired) electrons. The molecular formula is C19H30ClN5O2. The number of benzene rings is 1. The van der Waals surface area contributed by atoms with E-state index in [1.165, 1.54) is 0 Å². The largest absolute Gasteiger partial charge is 0.495 e. The van der Waals surface area contributed by atoms with Gasteiger partial charge in [-0.25, -0.2) is 0 Å². The zero-order chi connectivity index (χ0) is 19.3. The van der Waals surface area contributed by atoms with Crippen molar-refractivity contribution in [3.8, 4) is 5.75 Å². The van der Waals surface area contributed by atoms with Crippen LogP contribution in [0.3, 0.4) is 0 Å². The molecule has 0 unspecified atom stereocenters. The molecule has 2 saturated heterocycles. The van der Waals surface area contributed by atoms with Gasteiger partial charge in [-0.2, -0.15) is 0 Å². The van der Waals surface area contributed by atoms with Crippen molar-refractivity contribution < 1.29 is 9.47 Å². The first kappa shape index (κ1) is 20.2. The zero-order valence-electron chi connectivity index (χ0n) is 16.2. The number of nitrogens with zero attached hydrogens (tertiary/aromatic N) is 3. The third kappa shape index (κ3) is 5.04. The van der Waals surface area contributed by atoms with Crippen LogP contribution in [0.5, 0.6) is 5.75 Å². The summed E-state index contributed by atoms with van der Waals surface area (Å²) in [6, 6.07) is 5.47. The van der Waals surface area contributed by atoms with Crippen molar-refractivity contribution in [1.29, 1.82) is 0 Å². The number of aliphatic imine (C=N–C) groups is 1. The van der Waals surface area contributed by atoms with Crippen LogP contribution in [0.15, 0.2) is 23.2 Å². The second-order valence-electron chi connectivity index (χ2n) is 7.30. The molecule has 27 heavy (non-hydrogen) atoms. The Bertz CT molecular complexity index is 656. The number of hydrogen-bond acceptors (Lipinski definition) is 5. The van der Waals surface area contributed by atoms with Crippen LogP contribution in [-0.2, 0) is 4.74 Å². The maximum absolute atomic E-state index is 6.18. The second-order valence-corrected chi connectivity index (χ2v) is 7.71. The highest BCUT2D eigenvalue weighted by molar-refractivity contribution is 6.32. The van der Waals surface area contributed by atoms with Crippen LogP contribution in [-0.4, -0.2) is 81.4 Å². The van der Waals surface area contributed by atoms with E-state index in [-0.39, 0.29) is 5.54 Å². The van der Waals surface area contributed by atoms with E-state index in [0.29, 0.717) is 23.3 Å². The lowest BCUT2D eigenvalue weighted by Gasteiger charge is -2.49. The topological polar surface area (TPSA) is 75.3 Å². The molecule has 2 aliphatic rings. The molecule has 0 aliphatic carbocycles. The van der Waals surface area contributed by atoms with Gasteiger partial charge in [0.15, 0.2) is 5.96 Å². The summed E-state index contributed by atoms with van der Waals surface area (Å²) in [7, 11) is 3.77. The summed E-state index contributed by atoms with van der Waals surface area (Å²) < 4.78 is 10.7. The van der Waals surface area contributed by atoms with Gasteiger partial charge in [0.2, 0.25) is 0 Å². The number of likely N-dealkylation sites (tertiary alicyclic amines) is 1. The lowest BCUT2D eigenvalue weighted by atomic mass is 9.85. The van der Waals surface area contributed by atoms with E-state index < -0.39 is 0 Å². The number of nitrogens with one attached hydrogen (secondary N) is 1. The van der Waals surface area contributed by atoms with Crippen LogP contribution in [0, 0.1) is 0 Å². The molecule has 0 bridgehead atoms. The van der Waals surface area contributed by atoms with E-state index in [9.17, 15) is 0 Å². The van der Waals surface area contributed by atoms with Gasteiger partial charge in [0.1, 0.15) is 5.75 Å². The van der Waals surface area contributed by atoms with E-state index in [1.807, 2.05) is 12.1 Å². The molecule has 3 N–H and O–H groups in total. The van der Waals surface area contributed by atoms with Crippen molar-refractivity contribution in [2.45, 2.75) is 18.4 Å². The summed E-state index contributed by atoms with van der Waals surface area (Å²) in [6.45, 7) is 6.34. The van der Waals surface area contributed by atoms with Crippen molar-refractivity contribution in [2.75, 3.05) is 65.4 Å². The van der Waals surface area contributed by atoms with E-state index in [4.69, 9.17) is 31.8 Å². The van der Waals surface area contributed by atoms with Crippen molar-refractivity contribution >= 4 is 23.2 Å². The van der Waals surface area contributed by atoms with Crippen LogP contribution < -0.4 is 15.8 Å². The molecule has 0 saturated carbocycles. The number of ether oxygens (including phenoxy) is 2. The van der Waals surface area contributed by atoms with Crippen molar-refractivity contribution in [3.63, 3.8) is 0 Å². The average molecular weight is 396 g/mol. The molecule has 0 spiro atoms. The lowest BCUT2D eigenvalue weighted by Crippen LogP contribution is -2.59. The number of nitrogens with two attached hydrogens (primary N) is 1. The Balaban J connectivity index is 1.68. The molecule has 150 valence electrons. The number of halogens is 1. The molecule has 0 amide bonds. The fourth-order valence-electron chi connectivity index (χ4n) is 3.81. The summed E-state index contributed by atoms with van der Waals surface area (Å²) in [6.07, 6.45) is 2.18. The Morgan fingerprint density at radius 3 is 2.63 bits per heavy atom. The Morgan fingerprint density at radius 2 is 2.00 bits per heavy atom. The lowest BCUT2D eigenvalue weighted by molar-refractivity contribution is -0.0411. The molecule has 2 aliphatic heterocycles. The molecular weight excluding hydrogens is 366 g/mol. The van der Waals surface area contributed by atoms with Crippen LogP contribution in [0.1, 0.15) is 12.8 Å². The van der Waals surface area contributed by atoms with Crippen LogP contribution in [0.4, 0.5) is 5.69 Å². The van der Waals surface area contributed by atoms with Crippen molar-refractivity contribution in [1.82, 2.24) is 9.80 Å². The minimum atomic E-state index is 0.0557. The third-order valence-corrected chi connectivity index (χ3v) is 5.86. The molecule has 1 aromatic rings. The number of piperidine rings is 1. The van der Waals surface area contributed by atoms with E-state index in [2.05, 4.69) is 22.2 Å². The van der Waals surface area contributed by atoms with E-state index in [1.54, 1.807) is 13.2 Å². The first-order valence-electron chi connectivity index (χ1n) is 9.44. The minimum absolute atomic E-state index is 0.0557. The molecule has 0 atom stereocenters. The molecule has 7 nitrogen and oxygen atoms in total. The number of morpholine rings is 1. The maximum atomic E-state index is 6.18. The molecule has 0 aromatic heterocycles. The highest BCUT2D eigenvalue weighted by Gasteiger charge is 2.39. The fourth-order valence-corrected chi connectivity index (χ4v) is 4.07. The number of methoxy groups -OCH3 is 1. The first-order valence-corrected chi connectivity index (χ1v) is 9.82. The van der Waals surface area contributed by atoms with E-state index >= 15 is 0 Å². The normalized spacial score (nSPS) is 21.8. The molecule has 8 heteroatoms. The maximum Gasteiger partial charge on any atom is 0.193 e. The Morgan fingerprint density at radius 1 is 1.30 bits per heavy atom. The smallest absolute Gasteiger partial charge is 0.193 e. The van der Waals surface area contributed by atoms with Crippen molar-refractivity contribution in [3.05, 3.63) is 23.2 Å². The average Bonchev–Trinajstić information content (AvgIpc) is 2.69. The quantitative estimate of drug-likeness (QED) is 0.585. The zero-order valence-corrected chi connectivity index (χ0v) is 17.0. The molecule has 1 aromatic carbocycles. The standard InChI is InChI=1S/C19H30ClN5O2/c1-24-7-5-19(6-8-24,25-9-11-27-12-10-25)14-22-18(21)23-15-3-4-17(26-2)16(20)13-15/h3-4,13H,5-12,14H2,1-2H3,(H3,21,22,23). The van der Waals surface area contributed by atoms with Crippen LogP contribution in [0.25, 0.3) is 0 Å². The first-order chi connectivity index (χ1) is 13.0. The number of guanidine groups is 1. The van der Waals surface area contributed by atoms with Crippen LogP contribution >= 0.6 is 11.6 Å². The van der Waals surface area contributed by atoms with Crippen LogP contribution in [0.2, 0.25) is 5.02 Å². The summed E-state index contributed by atoms with van der Waals surface area (Å²) >= 11 is 6.18. The van der Waals surface area contributed by atoms with Gasteiger partial charge in [0.25, 0.3) is 0 Å². The van der Waals surface area contributed by atoms with Gasteiger partial charge in [-0.15, -0.1) is 0 Å². The van der Waals surface area contributed by atoms with Gasteiger partial charge in [-0.1, -0.05) is 11.6 Å². The molecule has 2 fully saturated rings. The monoisotopic (exact) mass is 395 g/mol. The summed E-state index contributed by atoms with van der Waals surface area (Å²) in [5.74, 6) is 1.04. The predicted octanol–water partition coefficient (Wildman–Crippen LogP) is 1.87. The Kier molecular flexibility index (Phi) is 6.81. The van der Waals surface area contributed by atoms with Gasteiger partial charge in [0.05, 0.1) is 31.9 Å². The summed E-state index contributed by atoms with van der Waals surface area (Å²) in [5.41, 5.74) is 7.02. The number of hydrogen-bond donors (Lipinski definition) is 2. The molecule has 2 heterocycles. The minimum Gasteiger partial charge on any atom is -0.495 e. The number of rotatable bonds is 5. The highest BCUT2D eigenvalue weighted by atomic mass is 35.5. The number of anilines is 1. The summed E-state index contributed by atoms with van der Waals surface area (Å²) in [5, 5.41) is 3.67. The van der Waals surface area contributed by atoms with Gasteiger partial charge in [-0.3, -0.25) is 9.89 Å². The van der Waals surface area contributed by atoms with Gasteiger partial charge >= 0.3 is 0 Å². The Labute approximate surface area is 166 Å².